The van der Waals surface area contributed by atoms with Gasteiger partial charge in [-0.1, -0.05) is 59.6 Å². The number of fused-ring (bicyclic) bond motifs is 1. The van der Waals surface area contributed by atoms with E-state index in [0.717, 1.165) is 10.8 Å². The Hall–Kier alpha value is -2.27. The fraction of sp³-hybridized carbons (Fsp3) is 0.105. The number of rotatable bonds is 5. The molecular formula is C19H15Cl2NO3. The highest BCUT2D eigenvalue weighted by Gasteiger charge is 2.16. The van der Waals surface area contributed by atoms with Gasteiger partial charge in [0.2, 0.25) is 0 Å². The van der Waals surface area contributed by atoms with Gasteiger partial charge in [0.15, 0.2) is 5.75 Å². The van der Waals surface area contributed by atoms with E-state index in [1.165, 1.54) is 0 Å². The van der Waals surface area contributed by atoms with Crippen LogP contribution in [0.2, 0.25) is 10.0 Å². The minimum atomic E-state index is -1.08. The van der Waals surface area contributed by atoms with Gasteiger partial charge < -0.3 is 15.6 Å². The first kappa shape index (κ1) is 17.5. The van der Waals surface area contributed by atoms with E-state index in [4.69, 9.17) is 38.8 Å². The summed E-state index contributed by atoms with van der Waals surface area (Å²) in [5, 5.41) is 11.5. The van der Waals surface area contributed by atoms with Gasteiger partial charge >= 0.3 is 5.97 Å². The smallest absolute Gasteiger partial charge is 0.320 e. The van der Waals surface area contributed by atoms with Crippen LogP contribution in [0.25, 0.3) is 10.8 Å². The molecule has 0 spiro atoms. The van der Waals surface area contributed by atoms with Gasteiger partial charge in [-0.25, -0.2) is 0 Å². The van der Waals surface area contributed by atoms with Crippen molar-refractivity contribution in [1.82, 2.24) is 0 Å². The molecule has 0 amide bonds. The molecule has 0 aromatic heterocycles. The summed E-state index contributed by atoms with van der Waals surface area (Å²) in [6, 6.07) is 15.8. The molecule has 0 radical (unpaired) electrons. The maximum Gasteiger partial charge on any atom is 0.320 e. The number of nitrogens with two attached hydrogens (primary N) is 1. The summed E-state index contributed by atoms with van der Waals surface area (Å²) < 4.78 is 5.95. The quantitative estimate of drug-likeness (QED) is 0.665. The maximum atomic E-state index is 10.9. The van der Waals surface area contributed by atoms with Crippen LogP contribution in [0.3, 0.4) is 0 Å². The van der Waals surface area contributed by atoms with Crippen LogP contribution >= 0.6 is 23.2 Å². The Morgan fingerprint density at radius 2 is 1.72 bits per heavy atom. The molecule has 0 saturated heterocycles. The van der Waals surface area contributed by atoms with Gasteiger partial charge in [0.05, 0.1) is 10.0 Å². The predicted molar refractivity (Wildman–Crippen MR) is 99.8 cm³/mol. The molecule has 3 aromatic rings. The minimum Gasteiger partial charge on any atom is -0.480 e. The lowest BCUT2D eigenvalue weighted by molar-refractivity contribution is -0.138. The van der Waals surface area contributed by atoms with Crippen molar-refractivity contribution in [3.63, 3.8) is 0 Å². The molecule has 6 heteroatoms. The SMILES string of the molecule is N[C@@H](Cc1cc(Cl)c(Oc2cccc3ccccc23)c(Cl)c1)C(=O)O. The number of hydrogen-bond donors (Lipinski definition) is 2. The summed E-state index contributed by atoms with van der Waals surface area (Å²) in [6.45, 7) is 0. The lowest BCUT2D eigenvalue weighted by atomic mass is 10.1. The third kappa shape index (κ3) is 3.87. The van der Waals surface area contributed by atoms with Crippen molar-refractivity contribution in [2.45, 2.75) is 12.5 Å². The molecule has 0 bridgehead atoms. The van der Waals surface area contributed by atoms with Crippen LogP contribution in [-0.2, 0) is 11.2 Å². The van der Waals surface area contributed by atoms with Crippen LogP contribution in [0, 0.1) is 0 Å². The van der Waals surface area contributed by atoms with Gasteiger partial charge in [-0.2, -0.15) is 0 Å². The van der Waals surface area contributed by atoms with E-state index in [-0.39, 0.29) is 6.42 Å². The standard InChI is InChI=1S/C19H15Cl2NO3/c20-14-8-11(10-16(22)19(23)24)9-15(21)18(14)25-17-7-3-5-12-4-1-2-6-13(12)17/h1-9,16H,10,22H2,(H,23,24)/t16-/m0/s1. The second-order valence-electron chi connectivity index (χ2n) is 5.62. The summed E-state index contributed by atoms with van der Waals surface area (Å²) in [6.07, 6.45) is 0.128. The van der Waals surface area contributed by atoms with E-state index in [1.807, 2.05) is 42.5 Å². The van der Waals surface area contributed by atoms with Gasteiger partial charge in [0.25, 0.3) is 0 Å². The molecule has 1 atom stereocenters. The van der Waals surface area contributed by atoms with E-state index in [2.05, 4.69) is 0 Å². The Labute approximate surface area is 154 Å². The van der Waals surface area contributed by atoms with Gasteiger partial charge in [0.1, 0.15) is 11.8 Å². The Morgan fingerprint density at radius 3 is 2.40 bits per heavy atom. The molecule has 3 aromatic carbocycles. The lowest BCUT2D eigenvalue weighted by Gasteiger charge is -2.14. The zero-order chi connectivity index (χ0) is 18.0. The van der Waals surface area contributed by atoms with Crippen LogP contribution in [0.1, 0.15) is 5.56 Å². The first-order valence-electron chi connectivity index (χ1n) is 7.57. The molecule has 4 nitrogen and oxygen atoms in total. The fourth-order valence-electron chi connectivity index (χ4n) is 2.56. The van der Waals surface area contributed by atoms with Crippen molar-refractivity contribution in [2.75, 3.05) is 0 Å². The number of benzene rings is 3. The fourth-order valence-corrected chi connectivity index (χ4v) is 3.17. The van der Waals surface area contributed by atoms with Crippen LogP contribution in [0.4, 0.5) is 0 Å². The zero-order valence-electron chi connectivity index (χ0n) is 13.1. The highest BCUT2D eigenvalue weighted by molar-refractivity contribution is 6.37. The number of ether oxygens (including phenoxy) is 1. The number of hydrogen-bond acceptors (Lipinski definition) is 3. The summed E-state index contributed by atoms with van der Waals surface area (Å²) in [7, 11) is 0. The number of aliphatic carboxylic acids is 1. The van der Waals surface area contributed by atoms with Crippen LogP contribution in [0.5, 0.6) is 11.5 Å². The number of carboxylic acids is 1. The topological polar surface area (TPSA) is 72.5 Å². The lowest BCUT2D eigenvalue weighted by Crippen LogP contribution is -2.32. The number of carboxylic acid groups (broad SMARTS) is 1. The average molecular weight is 376 g/mol. The molecule has 3 N–H and O–H groups in total. The normalized spacial score (nSPS) is 12.1. The van der Waals surface area contributed by atoms with Crippen molar-refractivity contribution in [3.05, 3.63) is 70.2 Å². The highest BCUT2D eigenvalue weighted by atomic mass is 35.5. The molecule has 0 aliphatic rings. The Morgan fingerprint density at radius 1 is 1.08 bits per heavy atom. The van der Waals surface area contributed by atoms with Crippen LogP contribution in [-0.4, -0.2) is 17.1 Å². The van der Waals surface area contributed by atoms with E-state index >= 15 is 0 Å². The van der Waals surface area contributed by atoms with E-state index in [1.54, 1.807) is 12.1 Å². The van der Waals surface area contributed by atoms with E-state index in [9.17, 15) is 4.79 Å². The van der Waals surface area contributed by atoms with Crippen molar-refractivity contribution in [3.8, 4) is 11.5 Å². The molecule has 0 heterocycles. The second kappa shape index (κ2) is 7.31. The van der Waals surface area contributed by atoms with Gasteiger partial charge in [-0.05, 0) is 35.6 Å². The van der Waals surface area contributed by atoms with E-state index in [0.29, 0.717) is 27.1 Å². The summed E-state index contributed by atoms with van der Waals surface area (Å²) in [5.74, 6) is -0.118. The van der Waals surface area contributed by atoms with Crippen molar-refractivity contribution >= 4 is 39.9 Å². The third-order valence-electron chi connectivity index (χ3n) is 3.79. The maximum absolute atomic E-state index is 10.9. The zero-order valence-corrected chi connectivity index (χ0v) is 14.6. The molecule has 128 valence electrons. The second-order valence-corrected chi connectivity index (χ2v) is 6.43. The van der Waals surface area contributed by atoms with Gasteiger partial charge in [-0.15, -0.1) is 0 Å². The molecule has 25 heavy (non-hydrogen) atoms. The minimum absolute atomic E-state index is 0.128. The molecule has 0 saturated carbocycles. The molecular weight excluding hydrogens is 361 g/mol. The summed E-state index contributed by atoms with van der Waals surface area (Å²) in [4.78, 5) is 10.9. The Bertz CT molecular complexity index is 915. The first-order valence-corrected chi connectivity index (χ1v) is 8.33. The molecule has 0 aliphatic carbocycles. The third-order valence-corrected chi connectivity index (χ3v) is 4.35. The van der Waals surface area contributed by atoms with Crippen molar-refractivity contribution in [2.24, 2.45) is 5.73 Å². The summed E-state index contributed by atoms with van der Waals surface area (Å²) >= 11 is 12.6. The molecule has 0 fully saturated rings. The van der Waals surface area contributed by atoms with Crippen molar-refractivity contribution < 1.29 is 14.6 Å². The van der Waals surface area contributed by atoms with Gasteiger partial charge in [0, 0.05) is 5.39 Å². The first-order chi connectivity index (χ1) is 12.0. The monoisotopic (exact) mass is 375 g/mol. The number of halogens is 2. The summed E-state index contributed by atoms with van der Waals surface area (Å²) in [5.41, 5.74) is 6.19. The largest absolute Gasteiger partial charge is 0.480 e. The number of carbonyl (C=O) groups is 1. The Balaban J connectivity index is 1.94. The predicted octanol–water partition coefficient (Wildman–Crippen LogP) is 4.89. The Kier molecular flexibility index (Phi) is 5.13. The molecule has 0 unspecified atom stereocenters. The van der Waals surface area contributed by atoms with E-state index < -0.39 is 12.0 Å². The average Bonchev–Trinajstić information content (AvgIpc) is 2.58. The van der Waals surface area contributed by atoms with Crippen molar-refractivity contribution in [1.29, 1.82) is 0 Å². The molecule has 3 rings (SSSR count). The van der Waals surface area contributed by atoms with Gasteiger partial charge in [-0.3, -0.25) is 4.79 Å². The van der Waals surface area contributed by atoms with Crippen LogP contribution in [0.15, 0.2) is 54.6 Å². The highest BCUT2D eigenvalue weighted by Crippen LogP contribution is 2.39. The molecule has 0 aliphatic heterocycles. The van der Waals surface area contributed by atoms with Crippen LogP contribution < -0.4 is 10.5 Å².